The molecular formula is C15H24N4O8. The Bertz CT molecular complexity index is 578. The van der Waals surface area contributed by atoms with Crippen molar-refractivity contribution in [1.29, 1.82) is 0 Å². The first-order valence-corrected chi connectivity index (χ1v) is 8.19. The van der Waals surface area contributed by atoms with Gasteiger partial charge in [-0.15, -0.1) is 0 Å². The van der Waals surface area contributed by atoms with Crippen molar-refractivity contribution in [2.45, 2.75) is 38.6 Å². The average Bonchev–Trinajstić information content (AvgIpc) is 2.58. The Morgan fingerprint density at radius 2 is 1.37 bits per heavy atom. The Hall–Kier alpha value is -3.18. The second kappa shape index (κ2) is 13.1. The molecule has 0 saturated carbocycles. The molecule has 27 heavy (non-hydrogen) atoms. The number of rotatable bonds is 13. The van der Waals surface area contributed by atoms with Crippen molar-refractivity contribution in [3.63, 3.8) is 0 Å². The monoisotopic (exact) mass is 388 g/mol. The van der Waals surface area contributed by atoms with E-state index in [1.807, 2.05) is 12.2 Å². The van der Waals surface area contributed by atoms with Gasteiger partial charge in [0.15, 0.2) is 0 Å². The molecule has 0 saturated heterocycles. The summed E-state index contributed by atoms with van der Waals surface area (Å²) in [6, 6.07) is -1.43. The maximum absolute atomic E-state index is 11.6. The van der Waals surface area contributed by atoms with Gasteiger partial charge < -0.3 is 31.5 Å². The molecule has 0 aromatic carbocycles. The SMILES string of the molecule is CCCNC(=O)CNC(=O)CNC(=O)CCC(NC(=O)CC(=O)O)C(=O)O. The molecule has 0 rings (SSSR count). The minimum absolute atomic E-state index is 0.231. The van der Waals surface area contributed by atoms with Gasteiger partial charge in [-0.25, -0.2) is 4.79 Å². The van der Waals surface area contributed by atoms with Crippen LogP contribution in [-0.4, -0.2) is 71.5 Å². The lowest BCUT2D eigenvalue weighted by molar-refractivity contribution is -0.145. The summed E-state index contributed by atoms with van der Waals surface area (Å²) in [6.45, 7) is 1.73. The number of carbonyl (C=O) groups excluding carboxylic acids is 4. The Morgan fingerprint density at radius 3 is 1.89 bits per heavy atom. The van der Waals surface area contributed by atoms with Crippen molar-refractivity contribution in [3.8, 4) is 0 Å². The summed E-state index contributed by atoms with van der Waals surface area (Å²) in [4.78, 5) is 67.2. The maximum Gasteiger partial charge on any atom is 0.326 e. The number of carboxylic acids is 2. The van der Waals surface area contributed by atoms with Crippen molar-refractivity contribution < 1.29 is 39.0 Å². The van der Waals surface area contributed by atoms with E-state index in [1.165, 1.54) is 0 Å². The van der Waals surface area contributed by atoms with E-state index in [-0.39, 0.29) is 25.3 Å². The van der Waals surface area contributed by atoms with Crippen molar-refractivity contribution in [2.24, 2.45) is 0 Å². The minimum Gasteiger partial charge on any atom is -0.481 e. The first kappa shape index (κ1) is 23.8. The third-order valence-electron chi connectivity index (χ3n) is 3.07. The molecule has 0 fully saturated rings. The van der Waals surface area contributed by atoms with Crippen LogP contribution < -0.4 is 21.3 Å². The van der Waals surface area contributed by atoms with Gasteiger partial charge >= 0.3 is 11.9 Å². The topological polar surface area (TPSA) is 191 Å². The fraction of sp³-hybridized carbons (Fsp3) is 0.600. The second-order valence-electron chi connectivity index (χ2n) is 5.47. The normalized spacial score (nSPS) is 11.0. The van der Waals surface area contributed by atoms with E-state index in [4.69, 9.17) is 10.2 Å². The molecule has 4 amide bonds. The van der Waals surface area contributed by atoms with E-state index in [9.17, 15) is 28.8 Å². The van der Waals surface area contributed by atoms with Crippen molar-refractivity contribution in [1.82, 2.24) is 21.3 Å². The van der Waals surface area contributed by atoms with Crippen LogP contribution in [0.4, 0.5) is 0 Å². The molecule has 0 aliphatic heterocycles. The highest BCUT2D eigenvalue weighted by molar-refractivity contribution is 5.95. The predicted molar refractivity (Wildman–Crippen MR) is 90.4 cm³/mol. The fourth-order valence-electron chi connectivity index (χ4n) is 1.75. The number of carbonyl (C=O) groups is 6. The molecule has 0 heterocycles. The lowest BCUT2D eigenvalue weighted by Gasteiger charge is -2.13. The lowest BCUT2D eigenvalue weighted by atomic mass is 10.1. The zero-order valence-electron chi connectivity index (χ0n) is 14.9. The molecule has 152 valence electrons. The van der Waals surface area contributed by atoms with Gasteiger partial charge in [-0.05, 0) is 12.8 Å². The van der Waals surface area contributed by atoms with Gasteiger partial charge in [0, 0.05) is 13.0 Å². The maximum atomic E-state index is 11.6. The molecule has 0 spiro atoms. The van der Waals surface area contributed by atoms with Crippen molar-refractivity contribution in [2.75, 3.05) is 19.6 Å². The number of aliphatic carboxylic acids is 2. The lowest BCUT2D eigenvalue weighted by Crippen LogP contribution is -2.43. The van der Waals surface area contributed by atoms with Crippen LogP contribution in [0.3, 0.4) is 0 Å². The van der Waals surface area contributed by atoms with E-state index in [1.54, 1.807) is 0 Å². The highest BCUT2D eigenvalue weighted by atomic mass is 16.4. The summed E-state index contributed by atoms with van der Waals surface area (Å²) in [6.07, 6.45) is -0.728. The minimum atomic E-state index is -1.43. The molecule has 12 nitrogen and oxygen atoms in total. The van der Waals surface area contributed by atoms with Gasteiger partial charge in [-0.1, -0.05) is 6.92 Å². The van der Waals surface area contributed by atoms with E-state index < -0.39 is 48.7 Å². The Labute approximate surface area is 155 Å². The third-order valence-corrected chi connectivity index (χ3v) is 3.07. The second-order valence-corrected chi connectivity index (χ2v) is 5.47. The third kappa shape index (κ3) is 12.8. The van der Waals surface area contributed by atoms with Gasteiger partial charge in [-0.2, -0.15) is 0 Å². The number of hydrogen-bond donors (Lipinski definition) is 6. The summed E-state index contributed by atoms with van der Waals surface area (Å²) in [7, 11) is 0. The standard InChI is InChI=1S/C15H24N4O8/c1-2-5-16-12(22)7-18-13(23)8-17-10(20)4-3-9(15(26)27)19-11(21)6-14(24)25/h9H,2-8H2,1H3,(H,16,22)(H,17,20)(H,18,23)(H,19,21)(H,24,25)(H,26,27). The zero-order chi connectivity index (χ0) is 20.8. The average molecular weight is 388 g/mol. The Morgan fingerprint density at radius 1 is 0.815 bits per heavy atom. The van der Waals surface area contributed by atoms with E-state index >= 15 is 0 Å². The van der Waals surface area contributed by atoms with Crippen molar-refractivity contribution in [3.05, 3.63) is 0 Å². The summed E-state index contributed by atoms with van der Waals surface area (Å²) >= 11 is 0. The van der Waals surface area contributed by atoms with Crippen LogP contribution in [0.2, 0.25) is 0 Å². The highest BCUT2D eigenvalue weighted by Crippen LogP contribution is 1.99. The molecule has 0 aliphatic rings. The number of carboxylic acid groups (broad SMARTS) is 2. The van der Waals surface area contributed by atoms with Crippen molar-refractivity contribution >= 4 is 35.6 Å². The summed E-state index contributed by atoms with van der Waals surface area (Å²) in [5.74, 6) is -5.42. The smallest absolute Gasteiger partial charge is 0.326 e. The molecular weight excluding hydrogens is 364 g/mol. The summed E-state index contributed by atoms with van der Waals surface area (Å²) < 4.78 is 0. The quantitative estimate of drug-likeness (QED) is 0.188. The molecule has 0 aromatic rings. The van der Waals surface area contributed by atoms with Crippen LogP contribution in [0.5, 0.6) is 0 Å². The molecule has 0 bridgehead atoms. The van der Waals surface area contributed by atoms with Gasteiger partial charge in [0.2, 0.25) is 23.6 Å². The molecule has 1 atom stereocenters. The number of nitrogens with one attached hydrogen (secondary N) is 4. The zero-order valence-corrected chi connectivity index (χ0v) is 14.9. The first-order valence-electron chi connectivity index (χ1n) is 8.19. The Balaban J connectivity index is 4.15. The van der Waals surface area contributed by atoms with Crippen LogP contribution in [0.1, 0.15) is 32.6 Å². The summed E-state index contributed by atoms with van der Waals surface area (Å²) in [5.41, 5.74) is 0. The van der Waals surface area contributed by atoms with E-state index in [0.717, 1.165) is 6.42 Å². The molecule has 0 aliphatic carbocycles. The van der Waals surface area contributed by atoms with Crippen LogP contribution >= 0.6 is 0 Å². The predicted octanol–water partition coefficient (Wildman–Crippen LogP) is -2.43. The van der Waals surface area contributed by atoms with Crippen LogP contribution in [0, 0.1) is 0 Å². The molecule has 12 heteroatoms. The van der Waals surface area contributed by atoms with E-state index in [0.29, 0.717) is 6.54 Å². The highest BCUT2D eigenvalue weighted by Gasteiger charge is 2.22. The number of amides is 4. The van der Waals surface area contributed by atoms with Crippen LogP contribution in [-0.2, 0) is 28.8 Å². The molecule has 1 unspecified atom stereocenters. The molecule has 0 radical (unpaired) electrons. The van der Waals surface area contributed by atoms with Gasteiger partial charge in [-0.3, -0.25) is 24.0 Å². The number of hydrogen-bond acceptors (Lipinski definition) is 6. The van der Waals surface area contributed by atoms with E-state index in [2.05, 4.69) is 16.0 Å². The Kier molecular flexibility index (Phi) is 11.5. The fourth-order valence-corrected chi connectivity index (χ4v) is 1.75. The van der Waals surface area contributed by atoms with Crippen LogP contribution in [0.25, 0.3) is 0 Å². The van der Waals surface area contributed by atoms with Crippen LogP contribution in [0.15, 0.2) is 0 Å². The first-order chi connectivity index (χ1) is 12.6. The molecule has 6 N–H and O–H groups in total. The van der Waals surface area contributed by atoms with Gasteiger partial charge in [0.1, 0.15) is 12.5 Å². The van der Waals surface area contributed by atoms with Gasteiger partial charge in [0.25, 0.3) is 0 Å². The molecule has 0 aromatic heterocycles. The summed E-state index contributed by atoms with van der Waals surface area (Å²) in [5, 5.41) is 26.5. The van der Waals surface area contributed by atoms with Gasteiger partial charge in [0.05, 0.1) is 13.1 Å². The largest absolute Gasteiger partial charge is 0.481 e.